The second kappa shape index (κ2) is 11.5. The number of nitrogens with one attached hydrogen (secondary N) is 2. The van der Waals surface area contributed by atoms with Gasteiger partial charge in [-0.2, -0.15) is 0 Å². The molecule has 0 bridgehead atoms. The second-order valence-electron chi connectivity index (χ2n) is 6.92. The van der Waals surface area contributed by atoms with E-state index in [1.807, 2.05) is 6.92 Å². The molecule has 0 spiro atoms. The van der Waals surface area contributed by atoms with Crippen LogP contribution in [0.1, 0.15) is 54.3 Å². The molecule has 0 unspecified atom stereocenters. The number of amides is 2. The Labute approximate surface area is 180 Å². The molecule has 6 nitrogen and oxygen atoms in total. The molecule has 0 heterocycles. The fourth-order valence-corrected chi connectivity index (χ4v) is 2.81. The van der Waals surface area contributed by atoms with Crippen molar-refractivity contribution in [3.8, 4) is 11.5 Å². The number of carbonyl (C=O) groups excluding carboxylic acids is 2. The predicted octanol–water partition coefficient (Wildman–Crippen LogP) is 4.74. The predicted molar refractivity (Wildman–Crippen MR) is 116 cm³/mol. The van der Waals surface area contributed by atoms with Crippen LogP contribution in [0.15, 0.2) is 46.9 Å². The molecule has 2 aromatic carbocycles. The van der Waals surface area contributed by atoms with Gasteiger partial charge in [-0.3, -0.25) is 20.4 Å². The van der Waals surface area contributed by atoms with Crippen molar-refractivity contribution in [2.75, 3.05) is 13.2 Å². The van der Waals surface area contributed by atoms with E-state index in [1.165, 1.54) is 0 Å². The highest BCUT2D eigenvalue weighted by atomic mass is 79.9. The van der Waals surface area contributed by atoms with E-state index in [2.05, 4.69) is 40.6 Å². The van der Waals surface area contributed by atoms with E-state index < -0.39 is 11.8 Å². The Hall–Kier alpha value is -2.54. The van der Waals surface area contributed by atoms with Crippen LogP contribution in [0.2, 0.25) is 0 Å². The van der Waals surface area contributed by atoms with Crippen LogP contribution < -0.4 is 20.3 Å². The summed E-state index contributed by atoms with van der Waals surface area (Å²) in [5.41, 5.74) is 5.58. The zero-order valence-corrected chi connectivity index (χ0v) is 18.5. The van der Waals surface area contributed by atoms with Gasteiger partial charge in [0.15, 0.2) is 0 Å². The van der Waals surface area contributed by atoms with Gasteiger partial charge in [0.1, 0.15) is 11.5 Å². The van der Waals surface area contributed by atoms with Crippen LogP contribution in [-0.2, 0) is 0 Å². The zero-order chi connectivity index (χ0) is 21.2. The summed E-state index contributed by atoms with van der Waals surface area (Å²) in [4.78, 5) is 25.2. The van der Waals surface area contributed by atoms with Crippen LogP contribution in [0.25, 0.3) is 0 Å². The largest absolute Gasteiger partial charge is 0.493 e. The standard InChI is InChI=1S/C22H27BrN2O4/c1-4-12-28-19-8-6-5-7-17(19)21(26)24-25-22(27)18-14-16(23)9-10-20(18)29-13-11-15(2)3/h5-10,14-15H,4,11-13H2,1-3H3,(H,24,26)(H,25,27). The Morgan fingerprint density at radius 1 is 0.931 bits per heavy atom. The normalized spacial score (nSPS) is 10.5. The molecule has 29 heavy (non-hydrogen) atoms. The molecule has 7 heteroatoms. The van der Waals surface area contributed by atoms with Crippen LogP contribution in [0, 0.1) is 5.92 Å². The fraction of sp³-hybridized carbons (Fsp3) is 0.364. The molecule has 0 aliphatic heterocycles. The lowest BCUT2D eigenvalue weighted by Crippen LogP contribution is -2.41. The van der Waals surface area contributed by atoms with Crippen molar-refractivity contribution in [1.29, 1.82) is 0 Å². The first-order valence-electron chi connectivity index (χ1n) is 9.67. The van der Waals surface area contributed by atoms with E-state index in [-0.39, 0.29) is 0 Å². The summed E-state index contributed by atoms with van der Waals surface area (Å²) in [7, 11) is 0. The van der Waals surface area contributed by atoms with Crippen molar-refractivity contribution >= 4 is 27.7 Å². The third-order valence-electron chi connectivity index (χ3n) is 4.02. The third kappa shape index (κ3) is 7.09. The third-order valence-corrected chi connectivity index (χ3v) is 4.52. The Morgan fingerprint density at radius 2 is 1.55 bits per heavy atom. The van der Waals surface area contributed by atoms with Gasteiger partial charge in [-0.15, -0.1) is 0 Å². The zero-order valence-electron chi connectivity index (χ0n) is 17.0. The number of halogens is 1. The molecule has 0 aromatic heterocycles. The number of hydrogen-bond donors (Lipinski definition) is 2. The lowest BCUT2D eigenvalue weighted by atomic mass is 10.1. The first kappa shape index (κ1) is 22.7. The van der Waals surface area contributed by atoms with E-state index in [9.17, 15) is 9.59 Å². The Morgan fingerprint density at radius 3 is 2.24 bits per heavy atom. The molecule has 2 N–H and O–H groups in total. The Balaban J connectivity index is 2.05. The SMILES string of the molecule is CCCOc1ccccc1C(=O)NNC(=O)c1cc(Br)ccc1OCCC(C)C. The van der Waals surface area contributed by atoms with Gasteiger partial charge in [-0.05, 0) is 49.1 Å². The van der Waals surface area contributed by atoms with Crippen molar-refractivity contribution in [3.05, 3.63) is 58.1 Å². The van der Waals surface area contributed by atoms with E-state index in [0.29, 0.717) is 41.8 Å². The van der Waals surface area contributed by atoms with Crippen molar-refractivity contribution in [1.82, 2.24) is 10.9 Å². The first-order chi connectivity index (χ1) is 13.9. The molecule has 0 saturated heterocycles. The summed E-state index contributed by atoms with van der Waals surface area (Å²) in [6.07, 6.45) is 1.71. The molecule has 0 aliphatic carbocycles. The molecule has 2 aromatic rings. The van der Waals surface area contributed by atoms with Gasteiger partial charge in [-0.25, -0.2) is 0 Å². The highest BCUT2D eigenvalue weighted by molar-refractivity contribution is 9.10. The molecule has 0 radical (unpaired) electrons. The van der Waals surface area contributed by atoms with E-state index in [1.54, 1.807) is 42.5 Å². The van der Waals surface area contributed by atoms with Crippen LogP contribution in [0.3, 0.4) is 0 Å². The van der Waals surface area contributed by atoms with Crippen molar-refractivity contribution in [2.45, 2.75) is 33.6 Å². The fourth-order valence-electron chi connectivity index (χ4n) is 2.45. The quantitative estimate of drug-likeness (QED) is 0.527. The van der Waals surface area contributed by atoms with E-state index in [4.69, 9.17) is 9.47 Å². The first-order valence-corrected chi connectivity index (χ1v) is 10.5. The van der Waals surface area contributed by atoms with Crippen LogP contribution >= 0.6 is 15.9 Å². The molecule has 0 aliphatic rings. The minimum absolute atomic E-state index is 0.332. The van der Waals surface area contributed by atoms with Crippen LogP contribution in [0.5, 0.6) is 11.5 Å². The number of benzene rings is 2. The van der Waals surface area contributed by atoms with Gasteiger partial charge in [0.25, 0.3) is 11.8 Å². The van der Waals surface area contributed by atoms with Gasteiger partial charge >= 0.3 is 0 Å². The molecule has 0 fully saturated rings. The number of rotatable bonds is 9. The minimum atomic E-state index is -0.467. The number of para-hydroxylation sites is 1. The van der Waals surface area contributed by atoms with Crippen molar-refractivity contribution in [3.63, 3.8) is 0 Å². The summed E-state index contributed by atoms with van der Waals surface area (Å²) in [5, 5.41) is 0. The number of hydrogen-bond acceptors (Lipinski definition) is 4. The average Bonchev–Trinajstić information content (AvgIpc) is 2.71. The Kier molecular flexibility index (Phi) is 8.99. The summed E-state index contributed by atoms with van der Waals surface area (Å²) < 4.78 is 12.1. The monoisotopic (exact) mass is 462 g/mol. The highest BCUT2D eigenvalue weighted by Gasteiger charge is 2.17. The Bertz CT molecular complexity index is 839. The van der Waals surface area contributed by atoms with E-state index in [0.717, 1.165) is 17.3 Å². The summed E-state index contributed by atoms with van der Waals surface area (Å²) in [5.74, 6) is 0.513. The average molecular weight is 463 g/mol. The van der Waals surface area contributed by atoms with E-state index >= 15 is 0 Å². The van der Waals surface area contributed by atoms with Gasteiger partial charge in [0.2, 0.25) is 0 Å². The molecule has 0 atom stereocenters. The molecule has 0 saturated carbocycles. The topological polar surface area (TPSA) is 76.7 Å². The maximum absolute atomic E-state index is 12.6. The van der Waals surface area contributed by atoms with Gasteiger partial charge in [-0.1, -0.05) is 48.8 Å². The molecule has 2 rings (SSSR count). The second-order valence-corrected chi connectivity index (χ2v) is 7.84. The summed E-state index contributed by atoms with van der Waals surface area (Å²) in [6.45, 7) is 7.22. The van der Waals surface area contributed by atoms with Gasteiger partial charge in [0.05, 0.1) is 24.3 Å². The lowest BCUT2D eigenvalue weighted by Gasteiger charge is -2.14. The summed E-state index contributed by atoms with van der Waals surface area (Å²) in [6, 6.07) is 12.1. The summed E-state index contributed by atoms with van der Waals surface area (Å²) >= 11 is 3.37. The lowest BCUT2D eigenvalue weighted by molar-refractivity contribution is 0.0841. The minimum Gasteiger partial charge on any atom is -0.493 e. The highest BCUT2D eigenvalue weighted by Crippen LogP contribution is 2.24. The maximum Gasteiger partial charge on any atom is 0.273 e. The smallest absolute Gasteiger partial charge is 0.273 e. The van der Waals surface area contributed by atoms with Gasteiger partial charge in [0, 0.05) is 4.47 Å². The molecular formula is C22H27BrN2O4. The number of carbonyl (C=O) groups is 2. The number of ether oxygens (including phenoxy) is 2. The van der Waals surface area contributed by atoms with Gasteiger partial charge < -0.3 is 9.47 Å². The molecular weight excluding hydrogens is 436 g/mol. The van der Waals surface area contributed by atoms with Crippen molar-refractivity contribution in [2.24, 2.45) is 5.92 Å². The maximum atomic E-state index is 12.6. The molecule has 2 amide bonds. The van der Waals surface area contributed by atoms with Crippen LogP contribution in [0.4, 0.5) is 0 Å². The van der Waals surface area contributed by atoms with Crippen LogP contribution in [-0.4, -0.2) is 25.0 Å². The van der Waals surface area contributed by atoms with Crippen molar-refractivity contribution < 1.29 is 19.1 Å². The number of hydrazine groups is 1. The molecule has 156 valence electrons.